The standard InChI is InChI=1S/C23H35F3N2O3/c1-14(2)28-19(16-10-8-15(12-29)9-11-16)22(3,21(31)27-13-23(24,25)26)18-7-5-4-6-17(18)20(28)30/h14-16,19,29H,4-13H2,1-3H3,(H,27,31)/t15?,16?,19-,22-/m0/s1. The third-order valence-corrected chi connectivity index (χ3v) is 7.55. The van der Waals surface area contributed by atoms with Crippen LogP contribution in [-0.2, 0) is 9.59 Å². The second-order valence-corrected chi connectivity index (χ2v) is 9.88. The van der Waals surface area contributed by atoms with Crippen molar-refractivity contribution in [2.24, 2.45) is 17.3 Å². The number of hydrogen-bond donors (Lipinski definition) is 2. The molecule has 1 saturated carbocycles. The van der Waals surface area contributed by atoms with Crippen molar-refractivity contribution < 1.29 is 27.9 Å². The van der Waals surface area contributed by atoms with E-state index in [2.05, 4.69) is 5.32 Å². The van der Waals surface area contributed by atoms with Crippen LogP contribution in [0, 0.1) is 17.3 Å². The van der Waals surface area contributed by atoms with Gasteiger partial charge in [0.15, 0.2) is 0 Å². The van der Waals surface area contributed by atoms with Crippen LogP contribution in [0.1, 0.15) is 72.1 Å². The van der Waals surface area contributed by atoms with Crippen LogP contribution in [0.5, 0.6) is 0 Å². The van der Waals surface area contributed by atoms with Gasteiger partial charge in [-0.2, -0.15) is 13.2 Å². The molecule has 0 bridgehead atoms. The van der Waals surface area contributed by atoms with Crippen LogP contribution in [0.2, 0.25) is 0 Å². The van der Waals surface area contributed by atoms with Gasteiger partial charge in [-0.3, -0.25) is 9.59 Å². The van der Waals surface area contributed by atoms with E-state index in [4.69, 9.17) is 0 Å². The van der Waals surface area contributed by atoms with E-state index >= 15 is 0 Å². The summed E-state index contributed by atoms with van der Waals surface area (Å²) in [5.74, 6) is -0.476. The Morgan fingerprint density at radius 1 is 1.19 bits per heavy atom. The number of nitrogens with one attached hydrogen (secondary N) is 1. The molecular weight excluding hydrogens is 409 g/mol. The summed E-state index contributed by atoms with van der Waals surface area (Å²) in [4.78, 5) is 28.7. The Bertz CT molecular complexity index is 726. The maximum Gasteiger partial charge on any atom is 0.405 e. The SMILES string of the molecule is CC(C)N1C(=O)C2=C(CCCC2)[C@](C)(C(=O)NCC(F)(F)F)[C@@H]1C1CCC(CO)CC1. The maximum absolute atomic E-state index is 13.5. The summed E-state index contributed by atoms with van der Waals surface area (Å²) < 4.78 is 38.8. The molecule has 0 radical (unpaired) electrons. The van der Waals surface area contributed by atoms with Crippen molar-refractivity contribution in [1.82, 2.24) is 10.2 Å². The fraction of sp³-hybridized carbons (Fsp3) is 0.826. The molecular formula is C23H35F3N2O3. The number of alkyl halides is 3. The van der Waals surface area contributed by atoms with Gasteiger partial charge >= 0.3 is 6.18 Å². The second-order valence-electron chi connectivity index (χ2n) is 9.88. The fourth-order valence-corrected chi connectivity index (χ4v) is 6.03. The molecule has 5 nitrogen and oxygen atoms in total. The van der Waals surface area contributed by atoms with Crippen molar-refractivity contribution in [3.8, 4) is 0 Å². The second kappa shape index (κ2) is 9.12. The first-order valence-corrected chi connectivity index (χ1v) is 11.5. The van der Waals surface area contributed by atoms with Crippen LogP contribution in [-0.4, -0.2) is 53.2 Å². The number of rotatable bonds is 5. The van der Waals surface area contributed by atoms with Crippen molar-refractivity contribution in [3.05, 3.63) is 11.1 Å². The quantitative estimate of drug-likeness (QED) is 0.674. The smallest absolute Gasteiger partial charge is 0.396 e. The van der Waals surface area contributed by atoms with E-state index in [0.717, 1.165) is 44.1 Å². The third-order valence-electron chi connectivity index (χ3n) is 7.55. The number of aliphatic hydroxyl groups excluding tert-OH is 1. The van der Waals surface area contributed by atoms with Gasteiger partial charge in [0.05, 0.1) is 11.5 Å². The monoisotopic (exact) mass is 444 g/mol. The van der Waals surface area contributed by atoms with Crippen LogP contribution >= 0.6 is 0 Å². The van der Waals surface area contributed by atoms with Gasteiger partial charge in [-0.1, -0.05) is 0 Å². The van der Waals surface area contributed by atoms with Gasteiger partial charge in [-0.25, -0.2) is 0 Å². The average Bonchev–Trinajstić information content (AvgIpc) is 2.73. The molecule has 3 aliphatic rings. The summed E-state index contributed by atoms with van der Waals surface area (Å²) >= 11 is 0. The number of carbonyl (C=O) groups excluding carboxylic acids is 2. The largest absolute Gasteiger partial charge is 0.405 e. The van der Waals surface area contributed by atoms with E-state index in [9.17, 15) is 27.9 Å². The van der Waals surface area contributed by atoms with E-state index < -0.39 is 30.1 Å². The lowest BCUT2D eigenvalue weighted by molar-refractivity contribution is -0.153. The summed E-state index contributed by atoms with van der Waals surface area (Å²) in [6.07, 6.45) is 1.42. The predicted octanol–water partition coefficient (Wildman–Crippen LogP) is 3.96. The molecule has 3 rings (SSSR count). The molecule has 0 spiro atoms. The Morgan fingerprint density at radius 3 is 2.35 bits per heavy atom. The molecule has 0 aromatic carbocycles. The van der Waals surface area contributed by atoms with Crippen LogP contribution in [0.4, 0.5) is 13.2 Å². The van der Waals surface area contributed by atoms with Gasteiger partial charge in [0, 0.05) is 18.2 Å². The maximum atomic E-state index is 13.5. The van der Waals surface area contributed by atoms with Crippen LogP contribution < -0.4 is 5.32 Å². The molecule has 0 aromatic rings. The number of halogens is 3. The molecule has 2 atom stereocenters. The van der Waals surface area contributed by atoms with E-state index in [-0.39, 0.29) is 30.4 Å². The minimum Gasteiger partial charge on any atom is -0.396 e. The molecule has 8 heteroatoms. The van der Waals surface area contributed by atoms with E-state index in [1.165, 1.54) is 0 Å². The number of aliphatic hydroxyl groups is 1. The van der Waals surface area contributed by atoms with Gasteiger partial charge in [0.2, 0.25) is 11.8 Å². The Kier molecular flexibility index (Phi) is 7.08. The predicted molar refractivity (Wildman–Crippen MR) is 111 cm³/mol. The van der Waals surface area contributed by atoms with Gasteiger partial charge in [-0.05, 0) is 89.5 Å². The lowest BCUT2D eigenvalue weighted by atomic mass is 9.60. The van der Waals surface area contributed by atoms with Gasteiger partial charge in [0.1, 0.15) is 6.54 Å². The zero-order valence-electron chi connectivity index (χ0n) is 18.7. The zero-order valence-corrected chi connectivity index (χ0v) is 18.7. The number of hydrogen-bond acceptors (Lipinski definition) is 3. The summed E-state index contributed by atoms with van der Waals surface area (Å²) in [7, 11) is 0. The summed E-state index contributed by atoms with van der Waals surface area (Å²) in [5, 5.41) is 11.7. The normalized spacial score (nSPS) is 32.3. The van der Waals surface area contributed by atoms with Crippen LogP contribution in [0.3, 0.4) is 0 Å². The number of carbonyl (C=O) groups is 2. The molecule has 0 saturated heterocycles. The minimum atomic E-state index is -4.49. The van der Waals surface area contributed by atoms with Gasteiger partial charge in [-0.15, -0.1) is 0 Å². The first-order valence-electron chi connectivity index (χ1n) is 11.5. The zero-order chi connectivity index (χ0) is 23.0. The average molecular weight is 445 g/mol. The van der Waals surface area contributed by atoms with E-state index in [1.54, 1.807) is 11.8 Å². The molecule has 31 heavy (non-hydrogen) atoms. The molecule has 2 aliphatic carbocycles. The molecule has 2 amide bonds. The van der Waals surface area contributed by atoms with Crippen molar-refractivity contribution in [2.45, 2.75) is 90.4 Å². The lowest BCUT2D eigenvalue weighted by Gasteiger charge is -2.55. The van der Waals surface area contributed by atoms with E-state index in [0.29, 0.717) is 18.4 Å². The summed E-state index contributed by atoms with van der Waals surface area (Å²) in [5.41, 5.74) is 0.190. The topological polar surface area (TPSA) is 69.6 Å². The van der Waals surface area contributed by atoms with E-state index in [1.807, 2.05) is 13.8 Å². The molecule has 0 aromatic heterocycles. The van der Waals surface area contributed by atoms with Crippen LogP contribution in [0.25, 0.3) is 0 Å². The summed E-state index contributed by atoms with van der Waals surface area (Å²) in [6.45, 7) is 4.32. The lowest BCUT2D eigenvalue weighted by Crippen LogP contribution is -2.65. The molecule has 176 valence electrons. The van der Waals surface area contributed by atoms with Crippen molar-refractivity contribution in [1.29, 1.82) is 0 Å². The first kappa shape index (κ1) is 24.1. The summed E-state index contributed by atoms with van der Waals surface area (Å²) in [6, 6.07) is -0.650. The number of nitrogens with zero attached hydrogens (tertiary/aromatic N) is 1. The van der Waals surface area contributed by atoms with Crippen molar-refractivity contribution >= 4 is 11.8 Å². The molecule has 1 aliphatic heterocycles. The molecule has 0 unspecified atom stereocenters. The van der Waals surface area contributed by atoms with Crippen molar-refractivity contribution in [2.75, 3.05) is 13.2 Å². The Balaban J connectivity index is 2.06. The minimum absolute atomic E-state index is 0.00626. The number of amides is 2. The fourth-order valence-electron chi connectivity index (χ4n) is 6.03. The Morgan fingerprint density at radius 2 is 1.81 bits per heavy atom. The highest BCUT2D eigenvalue weighted by Crippen LogP contribution is 2.52. The highest BCUT2D eigenvalue weighted by Gasteiger charge is 2.57. The van der Waals surface area contributed by atoms with Crippen molar-refractivity contribution in [3.63, 3.8) is 0 Å². The van der Waals surface area contributed by atoms with Crippen LogP contribution in [0.15, 0.2) is 11.1 Å². The van der Waals surface area contributed by atoms with Gasteiger partial charge < -0.3 is 15.3 Å². The molecule has 2 N–H and O–H groups in total. The first-order chi connectivity index (χ1) is 14.5. The van der Waals surface area contributed by atoms with Gasteiger partial charge in [0.25, 0.3) is 0 Å². The Hall–Kier alpha value is -1.57. The third kappa shape index (κ3) is 4.64. The molecule has 1 fully saturated rings. The highest BCUT2D eigenvalue weighted by molar-refractivity contribution is 6.00. The molecule has 1 heterocycles. The Labute approximate surface area is 182 Å². The highest BCUT2D eigenvalue weighted by atomic mass is 19.4.